The minimum absolute atomic E-state index is 1.05. The maximum Gasteiger partial charge on any atom is 0.366 e. The zero-order chi connectivity index (χ0) is 5.86. The lowest BCUT2D eigenvalue weighted by Gasteiger charge is -1.87. The van der Waals surface area contributed by atoms with Crippen LogP contribution in [0.2, 0.25) is 0 Å². The molecule has 0 saturated carbocycles. The van der Waals surface area contributed by atoms with E-state index in [4.69, 9.17) is 0 Å². The fraction of sp³-hybridized carbons (Fsp3) is 0.250. The predicted molar refractivity (Wildman–Crippen MR) is 20.9 cm³/mol. The van der Waals surface area contributed by atoms with Crippen molar-refractivity contribution in [2.75, 3.05) is 7.11 Å². The fourth-order valence-electron chi connectivity index (χ4n) is 0.0975. The van der Waals surface area contributed by atoms with Gasteiger partial charge in [-0.2, -0.15) is 4.39 Å². The number of rotatable bonds is 1. The number of methoxy groups -OCH3 is 1. The maximum atomic E-state index is 11.3. The third kappa shape index (κ3) is 1.92. The fourth-order valence-corrected chi connectivity index (χ4v) is 0.0975. The van der Waals surface area contributed by atoms with Crippen LogP contribution in [0.5, 0.6) is 0 Å². The van der Waals surface area contributed by atoms with E-state index in [9.17, 15) is 9.18 Å². The van der Waals surface area contributed by atoms with Gasteiger partial charge in [-0.15, -0.1) is 0 Å². The largest absolute Gasteiger partial charge is 0.464 e. The Balaban J connectivity index is 3.58. The van der Waals surface area contributed by atoms with Gasteiger partial charge >= 0.3 is 5.97 Å². The molecule has 0 aromatic carbocycles. The van der Waals surface area contributed by atoms with Crippen LogP contribution in [0.1, 0.15) is 0 Å². The third-order valence-corrected chi connectivity index (χ3v) is 0.380. The lowest BCUT2D eigenvalue weighted by molar-refractivity contribution is -0.137. The Kier molecular flexibility index (Phi) is 2.05. The first-order chi connectivity index (χ1) is 3.18. The average Bonchev–Trinajstić information content (AvgIpc) is 1.65. The Morgan fingerprint density at radius 1 is 1.86 bits per heavy atom. The third-order valence-electron chi connectivity index (χ3n) is 0.380. The van der Waals surface area contributed by atoms with Crippen LogP contribution >= 0.6 is 0 Å². The highest BCUT2D eigenvalue weighted by Crippen LogP contribution is 1.90. The van der Waals surface area contributed by atoms with E-state index in [1.54, 1.807) is 0 Å². The molecule has 0 N–H and O–H groups in total. The summed E-state index contributed by atoms with van der Waals surface area (Å²) >= 11 is 0. The SMILES string of the molecule is [CH]=C(F)C(=O)OC. The molecule has 0 atom stereocenters. The molecule has 0 rings (SSSR count). The van der Waals surface area contributed by atoms with E-state index in [1.807, 2.05) is 0 Å². The summed E-state index contributed by atoms with van der Waals surface area (Å²) in [5.41, 5.74) is 0. The summed E-state index contributed by atoms with van der Waals surface area (Å²) in [7, 11) is 1.05. The summed E-state index contributed by atoms with van der Waals surface area (Å²) in [6.07, 6.45) is 0. The van der Waals surface area contributed by atoms with Crippen LogP contribution < -0.4 is 0 Å². The Hall–Kier alpha value is -0.860. The molecule has 0 spiro atoms. The van der Waals surface area contributed by atoms with Crippen LogP contribution in [-0.2, 0) is 9.53 Å². The molecule has 0 aliphatic carbocycles. The molecule has 0 saturated heterocycles. The molecule has 1 radical (unpaired) electrons. The number of carbonyl (C=O) groups is 1. The van der Waals surface area contributed by atoms with Crippen molar-refractivity contribution < 1.29 is 13.9 Å². The summed E-state index contributed by atoms with van der Waals surface area (Å²) in [6, 6.07) is 0. The van der Waals surface area contributed by atoms with Gasteiger partial charge in [0, 0.05) is 0 Å². The first-order valence-electron chi connectivity index (χ1n) is 1.54. The first-order valence-corrected chi connectivity index (χ1v) is 1.54. The van der Waals surface area contributed by atoms with E-state index >= 15 is 0 Å². The molecule has 2 nitrogen and oxygen atoms in total. The van der Waals surface area contributed by atoms with E-state index in [1.165, 1.54) is 0 Å². The molecule has 0 aromatic heterocycles. The van der Waals surface area contributed by atoms with Crippen LogP contribution in [0.25, 0.3) is 0 Å². The molecule has 0 unspecified atom stereocenters. The Morgan fingerprint density at radius 3 is 2.29 bits per heavy atom. The Labute approximate surface area is 40.6 Å². The van der Waals surface area contributed by atoms with E-state index in [2.05, 4.69) is 11.3 Å². The number of esters is 1. The number of ether oxygens (including phenoxy) is 1. The topological polar surface area (TPSA) is 26.3 Å². The number of hydrogen-bond donors (Lipinski definition) is 0. The molecule has 39 valence electrons. The van der Waals surface area contributed by atoms with Gasteiger partial charge in [0.05, 0.1) is 7.11 Å². The number of halogens is 1. The quantitative estimate of drug-likeness (QED) is 0.355. The van der Waals surface area contributed by atoms with E-state index in [-0.39, 0.29) is 0 Å². The van der Waals surface area contributed by atoms with E-state index in [0.29, 0.717) is 0 Å². The van der Waals surface area contributed by atoms with Crippen molar-refractivity contribution in [1.29, 1.82) is 0 Å². The zero-order valence-electron chi connectivity index (χ0n) is 3.77. The second-order valence-corrected chi connectivity index (χ2v) is 0.840. The second kappa shape index (κ2) is 2.34. The van der Waals surface area contributed by atoms with Crippen molar-refractivity contribution >= 4 is 5.97 Å². The van der Waals surface area contributed by atoms with Crippen LogP contribution in [0, 0.1) is 6.58 Å². The average molecular weight is 103 g/mol. The van der Waals surface area contributed by atoms with Gasteiger partial charge in [-0.25, -0.2) is 4.79 Å². The van der Waals surface area contributed by atoms with Crippen molar-refractivity contribution in [2.24, 2.45) is 0 Å². The summed E-state index contributed by atoms with van der Waals surface area (Å²) in [5, 5.41) is 0. The van der Waals surface area contributed by atoms with Crippen molar-refractivity contribution in [3.8, 4) is 0 Å². The monoisotopic (exact) mass is 103 g/mol. The molecule has 0 amide bonds. The smallest absolute Gasteiger partial charge is 0.366 e. The van der Waals surface area contributed by atoms with E-state index in [0.717, 1.165) is 7.11 Å². The standard InChI is InChI=1S/C4H4FO2/c1-3(5)4(6)7-2/h1H,2H3. The zero-order valence-corrected chi connectivity index (χ0v) is 3.77. The Morgan fingerprint density at radius 2 is 2.29 bits per heavy atom. The summed E-state index contributed by atoms with van der Waals surface area (Å²) < 4.78 is 15.2. The van der Waals surface area contributed by atoms with Gasteiger partial charge in [0.25, 0.3) is 0 Å². The van der Waals surface area contributed by atoms with Crippen molar-refractivity contribution in [1.82, 2.24) is 0 Å². The van der Waals surface area contributed by atoms with Crippen LogP contribution in [0.15, 0.2) is 5.83 Å². The van der Waals surface area contributed by atoms with Gasteiger partial charge in [-0.05, 0) is 6.58 Å². The maximum absolute atomic E-state index is 11.3. The second-order valence-electron chi connectivity index (χ2n) is 0.840. The lowest BCUT2D eigenvalue weighted by Crippen LogP contribution is -1.98. The number of carbonyl (C=O) groups excluding carboxylic acids is 1. The normalized spacial score (nSPS) is 7.71. The van der Waals surface area contributed by atoms with Crippen LogP contribution in [-0.4, -0.2) is 13.1 Å². The molecule has 0 aliphatic rings. The molecule has 0 heterocycles. The molecule has 0 fully saturated rings. The molecule has 0 aliphatic heterocycles. The van der Waals surface area contributed by atoms with Crippen molar-refractivity contribution in [3.05, 3.63) is 12.4 Å². The van der Waals surface area contributed by atoms with Crippen LogP contribution in [0.4, 0.5) is 4.39 Å². The highest BCUT2D eigenvalue weighted by atomic mass is 19.1. The van der Waals surface area contributed by atoms with Gasteiger partial charge in [0.15, 0.2) is 0 Å². The molecular formula is C4H4FO2. The highest BCUT2D eigenvalue weighted by Gasteiger charge is 2.01. The van der Waals surface area contributed by atoms with Gasteiger partial charge in [-0.1, -0.05) is 0 Å². The minimum Gasteiger partial charge on any atom is -0.464 e. The number of hydrogen-bond acceptors (Lipinski definition) is 2. The van der Waals surface area contributed by atoms with Gasteiger partial charge in [0.1, 0.15) is 0 Å². The predicted octanol–water partition coefficient (Wildman–Crippen LogP) is 0.446. The van der Waals surface area contributed by atoms with Gasteiger partial charge in [0.2, 0.25) is 5.83 Å². The minimum atomic E-state index is -1.32. The van der Waals surface area contributed by atoms with E-state index < -0.39 is 11.8 Å². The van der Waals surface area contributed by atoms with Crippen molar-refractivity contribution in [2.45, 2.75) is 0 Å². The lowest BCUT2D eigenvalue weighted by atomic mass is 10.6. The summed E-state index contributed by atoms with van der Waals surface area (Å²) in [5.74, 6) is -2.44. The highest BCUT2D eigenvalue weighted by molar-refractivity contribution is 5.84. The first kappa shape index (κ1) is 6.14. The summed E-state index contributed by atoms with van der Waals surface area (Å²) in [4.78, 5) is 9.75. The molecule has 3 heteroatoms. The van der Waals surface area contributed by atoms with Gasteiger partial charge in [-0.3, -0.25) is 0 Å². The van der Waals surface area contributed by atoms with Crippen LogP contribution in [0.3, 0.4) is 0 Å². The van der Waals surface area contributed by atoms with Gasteiger partial charge < -0.3 is 4.74 Å². The molecule has 7 heavy (non-hydrogen) atoms. The van der Waals surface area contributed by atoms with Crippen molar-refractivity contribution in [3.63, 3.8) is 0 Å². The molecule has 0 aromatic rings. The Bertz CT molecular complexity index is 97.9. The molecule has 0 bridgehead atoms. The summed E-state index contributed by atoms with van der Waals surface area (Å²) in [6.45, 7) is 4.32. The molecular weight excluding hydrogens is 99.0 g/mol.